The Balaban J connectivity index is 2.55. The van der Waals surface area contributed by atoms with Gasteiger partial charge in [0, 0.05) is 28.7 Å². The predicted molar refractivity (Wildman–Crippen MR) is 61.2 cm³/mol. The molecule has 3 N–H and O–H groups in total. The second kappa shape index (κ2) is 4.23. The minimum atomic E-state index is -4.34. The second-order valence-electron chi connectivity index (χ2n) is 3.76. The van der Waals surface area contributed by atoms with Gasteiger partial charge in [0.25, 0.3) is 0 Å². The highest BCUT2D eigenvalue weighted by Gasteiger charge is 2.40. The lowest BCUT2D eigenvalue weighted by molar-refractivity contribution is -0.147. The monoisotopic (exact) mass is 262 g/mol. The summed E-state index contributed by atoms with van der Waals surface area (Å²) in [6.07, 6.45) is -3.00. The third-order valence-electron chi connectivity index (χ3n) is 2.68. The van der Waals surface area contributed by atoms with Crippen LogP contribution in [0.5, 0.6) is 0 Å². The topological polar surface area (TPSA) is 41.8 Å². The highest BCUT2D eigenvalue weighted by atomic mass is 35.5. The molecule has 1 heterocycles. The third kappa shape index (κ3) is 2.25. The van der Waals surface area contributed by atoms with E-state index in [1.807, 2.05) is 0 Å². The van der Waals surface area contributed by atoms with Crippen LogP contribution < -0.4 is 5.73 Å². The average molecular weight is 263 g/mol. The Kier molecular flexibility index (Phi) is 3.05. The van der Waals surface area contributed by atoms with E-state index in [4.69, 9.17) is 17.3 Å². The SMILES string of the molecule is NC[C@H](c1c[nH]c2cc(Cl)ccc12)C(F)(F)F. The molecule has 0 bridgehead atoms. The lowest BCUT2D eigenvalue weighted by Crippen LogP contribution is -2.27. The maximum atomic E-state index is 12.8. The number of hydrogen-bond donors (Lipinski definition) is 2. The summed E-state index contributed by atoms with van der Waals surface area (Å²) in [6.45, 7) is -0.473. The number of rotatable bonds is 2. The first-order valence-corrected chi connectivity index (χ1v) is 5.34. The van der Waals surface area contributed by atoms with Crippen molar-refractivity contribution in [3.8, 4) is 0 Å². The third-order valence-corrected chi connectivity index (χ3v) is 2.92. The zero-order valence-corrected chi connectivity index (χ0v) is 9.44. The number of benzene rings is 1. The van der Waals surface area contributed by atoms with Crippen LogP contribution in [0.3, 0.4) is 0 Å². The molecule has 6 heteroatoms. The smallest absolute Gasteiger partial charge is 0.361 e. The molecule has 0 spiro atoms. The molecular weight excluding hydrogens is 253 g/mol. The van der Waals surface area contributed by atoms with Gasteiger partial charge in [-0.15, -0.1) is 0 Å². The zero-order chi connectivity index (χ0) is 12.6. The van der Waals surface area contributed by atoms with E-state index in [1.54, 1.807) is 18.2 Å². The van der Waals surface area contributed by atoms with Crippen LogP contribution in [-0.2, 0) is 0 Å². The van der Waals surface area contributed by atoms with Gasteiger partial charge in [0.15, 0.2) is 0 Å². The molecule has 0 unspecified atom stereocenters. The van der Waals surface area contributed by atoms with Crippen molar-refractivity contribution < 1.29 is 13.2 Å². The van der Waals surface area contributed by atoms with E-state index in [9.17, 15) is 13.2 Å². The fourth-order valence-electron chi connectivity index (χ4n) is 1.85. The lowest BCUT2D eigenvalue weighted by atomic mass is 9.98. The molecule has 1 aromatic heterocycles. The van der Waals surface area contributed by atoms with Crippen LogP contribution in [0.4, 0.5) is 13.2 Å². The van der Waals surface area contributed by atoms with Gasteiger partial charge in [0.05, 0.1) is 5.92 Å². The van der Waals surface area contributed by atoms with Crippen molar-refractivity contribution in [2.45, 2.75) is 12.1 Å². The highest BCUT2D eigenvalue weighted by Crippen LogP contribution is 2.37. The second-order valence-corrected chi connectivity index (χ2v) is 4.20. The number of halogens is 4. The van der Waals surface area contributed by atoms with Crippen molar-refractivity contribution in [3.63, 3.8) is 0 Å². The standard InChI is InChI=1S/C11H10ClF3N2/c12-6-1-2-7-8(5-17-10(7)3-6)9(4-16)11(13,14)15/h1-3,5,9,17H,4,16H2/t9-/m1/s1. The molecule has 2 rings (SSSR count). The van der Waals surface area contributed by atoms with Gasteiger partial charge in [-0.25, -0.2) is 0 Å². The van der Waals surface area contributed by atoms with E-state index in [2.05, 4.69) is 4.98 Å². The van der Waals surface area contributed by atoms with Crippen LogP contribution in [0, 0.1) is 0 Å². The van der Waals surface area contributed by atoms with Crippen molar-refractivity contribution in [2.75, 3.05) is 6.54 Å². The molecule has 0 saturated heterocycles. The molecule has 92 valence electrons. The van der Waals surface area contributed by atoms with E-state index in [-0.39, 0.29) is 5.56 Å². The minimum absolute atomic E-state index is 0.159. The summed E-state index contributed by atoms with van der Waals surface area (Å²) in [4.78, 5) is 2.78. The number of nitrogens with two attached hydrogens (primary N) is 1. The molecule has 0 amide bonds. The van der Waals surface area contributed by atoms with Gasteiger partial charge in [0.1, 0.15) is 0 Å². The van der Waals surface area contributed by atoms with E-state index in [0.29, 0.717) is 15.9 Å². The van der Waals surface area contributed by atoms with Crippen LogP contribution in [0.2, 0.25) is 5.02 Å². The number of fused-ring (bicyclic) bond motifs is 1. The van der Waals surface area contributed by atoms with Gasteiger partial charge < -0.3 is 10.7 Å². The van der Waals surface area contributed by atoms with Crippen molar-refractivity contribution in [3.05, 3.63) is 35.0 Å². The molecule has 0 radical (unpaired) electrons. The largest absolute Gasteiger partial charge is 0.397 e. The van der Waals surface area contributed by atoms with Crippen molar-refractivity contribution in [2.24, 2.45) is 5.73 Å². The highest BCUT2D eigenvalue weighted by molar-refractivity contribution is 6.31. The minimum Gasteiger partial charge on any atom is -0.361 e. The number of alkyl halides is 3. The molecule has 0 aliphatic carbocycles. The molecule has 0 fully saturated rings. The Hall–Kier alpha value is -1.20. The Labute approximate surface area is 101 Å². The van der Waals surface area contributed by atoms with E-state index in [0.717, 1.165) is 0 Å². The van der Waals surface area contributed by atoms with Crippen molar-refractivity contribution in [1.29, 1.82) is 0 Å². The maximum absolute atomic E-state index is 12.8. The molecule has 0 aliphatic heterocycles. The van der Waals surface area contributed by atoms with Crippen molar-refractivity contribution >= 4 is 22.5 Å². The van der Waals surface area contributed by atoms with Gasteiger partial charge in [-0.2, -0.15) is 13.2 Å². The molecule has 1 aromatic carbocycles. The van der Waals surface area contributed by atoms with Gasteiger partial charge in [0.2, 0.25) is 0 Å². The zero-order valence-electron chi connectivity index (χ0n) is 8.68. The van der Waals surface area contributed by atoms with Crippen LogP contribution in [-0.4, -0.2) is 17.7 Å². The maximum Gasteiger partial charge on any atom is 0.397 e. The first kappa shape index (κ1) is 12.3. The van der Waals surface area contributed by atoms with Gasteiger partial charge in [-0.3, -0.25) is 0 Å². The number of nitrogens with one attached hydrogen (secondary N) is 1. The normalized spacial score (nSPS) is 14.2. The van der Waals surface area contributed by atoms with Crippen LogP contribution in [0.15, 0.2) is 24.4 Å². The summed E-state index contributed by atoms with van der Waals surface area (Å²) < 4.78 is 38.3. The molecular formula is C11H10ClF3N2. The number of H-pyrrole nitrogens is 1. The summed E-state index contributed by atoms with van der Waals surface area (Å²) in [6, 6.07) is 4.72. The van der Waals surface area contributed by atoms with Crippen molar-refractivity contribution in [1.82, 2.24) is 4.98 Å². The number of aromatic nitrogens is 1. The summed E-state index contributed by atoms with van der Waals surface area (Å²) in [5, 5.41) is 0.976. The van der Waals surface area contributed by atoms with Crippen LogP contribution >= 0.6 is 11.6 Å². The number of hydrogen-bond acceptors (Lipinski definition) is 1. The van der Waals surface area contributed by atoms with E-state index >= 15 is 0 Å². The first-order chi connectivity index (χ1) is 7.93. The van der Waals surface area contributed by atoms with E-state index < -0.39 is 18.6 Å². The molecule has 17 heavy (non-hydrogen) atoms. The molecule has 2 aromatic rings. The summed E-state index contributed by atoms with van der Waals surface area (Å²) in [7, 11) is 0. The lowest BCUT2D eigenvalue weighted by Gasteiger charge is -2.17. The number of aromatic amines is 1. The van der Waals surface area contributed by atoms with Crippen LogP contribution in [0.1, 0.15) is 11.5 Å². The Morgan fingerprint density at radius 3 is 2.65 bits per heavy atom. The first-order valence-electron chi connectivity index (χ1n) is 4.97. The summed E-state index contributed by atoms with van der Waals surface area (Å²) in [5.41, 5.74) is 5.95. The fourth-order valence-corrected chi connectivity index (χ4v) is 2.02. The Morgan fingerprint density at radius 2 is 2.06 bits per heavy atom. The predicted octanol–water partition coefficient (Wildman–Crippen LogP) is 3.43. The molecule has 0 aliphatic rings. The molecule has 0 saturated carbocycles. The van der Waals surface area contributed by atoms with Gasteiger partial charge in [-0.1, -0.05) is 17.7 Å². The van der Waals surface area contributed by atoms with Gasteiger partial charge >= 0.3 is 6.18 Å². The Bertz CT molecular complexity index is 533. The summed E-state index contributed by atoms with van der Waals surface area (Å²) >= 11 is 5.76. The fraction of sp³-hybridized carbons (Fsp3) is 0.273. The van der Waals surface area contributed by atoms with Gasteiger partial charge in [-0.05, 0) is 17.7 Å². The summed E-state index contributed by atoms with van der Waals surface area (Å²) in [5.74, 6) is -1.66. The molecule has 2 nitrogen and oxygen atoms in total. The van der Waals surface area contributed by atoms with Crippen LogP contribution in [0.25, 0.3) is 10.9 Å². The van der Waals surface area contributed by atoms with E-state index in [1.165, 1.54) is 6.20 Å². The quantitative estimate of drug-likeness (QED) is 0.855. The average Bonchev–Trinajstić information content (AvgIpc) is 2.60. The molecule has 1 atom stereocenters. The Morgan fingerprint density at radius 1 is 1.35 bits per heavy atom.